The fourth-order valence-corrected chi connectivity index (χ4v) is 7.31. The van der Waals surface area contributed by atoms with E-state index in [1.165, 1.54) is 38.5 Å². The maximum atomic E-state index is 13.0. The Bertz CT molecular complexity index is 1060. The highest BCUT2D eigenvalue weighted by atomic mass is 16.1. The van der Waals surface area contributed by atoms with Crippen LogP contribution in [0.2, 0.25) is 0 Å². The molecule has 1 amide bonds. The van der Waals surface area contributed by atoms with E-state index in [0.29, 0.717) is 12.0 Å². The number of hydrogen-bond donors (Lipinski definition) is 1. The third-order valence-electron chi connectivity index (χ3n) is 8.13. The number of imidazole rings is 1. The number of para-hydroxylation sites is 2. The molecule has 4 bridgehead atoms. The van der Waals surface area contributed by atoms with Crippen molar-refractivity contribution in [2.24, 2.45) is 23.2 Å². The van der Waals surface area contributed by atoms with Gasteiger partial charge in [0, 0.05) is 12.1 Å². The number of aromatic nitrogens is 2. The number of carbonyl (C=O) groups excluding carboxylic acids is 1. The minimum absolute atomic E-state index is 0.0880. The van der Waals surface area contributed by atoms with Crippen LogP contribution < -0.4 is 5.32 Å². The normalized spacial score (nSPS) is 28.8. The Morgan fingerprint density at radius 3 is 2.29 bits per heavy atom. The van der Waals surface area contributed by atoms with Crippen LogP contribution in [0.25, 0.3) is 22.4 Å². The number of rotatable bonds is 6. The molecule has 1 N–H and O–H groups in total. The number of benzene rings is 2. The highest BCUT2D eigenvalue weighted by Gasteiger charge is 2.50. The molecular weight excluding hydrogens is 382 g/mol. The zero-order valence-electron chi connectivity index (χ0n) is 18.1. The largest absolute Gasteiger partial charge is 0.355 e. The molecule has 7 rings (SSSR count). The standard InChI is InChI=1S/C27H31N3O/c31-25(28-11-10-27-15-19-12-20(16-27)14-21(13-19)17-27)18-30-24-9-5-4-8-23(24)29-26(30)22-6-2-1-3-7-22/h1-9,19-21H,10-18H2,(H,28,31). The molecule has 0 atom stereocenters. The molecule has 3 aromatic rings. The first-order valence-corrected chi connectivity index (χ1v) is 11.9. The summed E-state index contributed by atoms with van der Waals surface area (Å²) in [6, 6.07) is 18.2. The summed E-state index contributed by atoms with van der Waals surface area (Å²) in [6.45, 7) is 1.11. The van der Waals surface area contributed by atoms with E-state index in [-0.39, 0.29) is 5.91 Å². The lowest BCUT2D eigenvalue weighted by molar-refractivity contribution is -0.122. The summed E-state index contributed by atoms with van der Waals surface area (Å²) in [5.74, 6) is 3.84. The smallest absolute Gasteiger partial charge is 0.240 e. The SMILES string of the molecule is O=C(Cn1c(-c2ccccc2)nc2ccccc21)NCCC12CC3CC(CC(C3)C1)C2. The number of nitrogens with one attached hydrogen (secondary N) is 1. The van der Waals surface area contributed by atoms with Crippen molar-refractivity contribution in [1.29, 1.82) is 0 Å². The van der Waals surface area contributed by atoms with Crippen molar-refractivity contribution in [3.05, 3.63) is 54.6 Å². The summed E-state index contributed by atoms with van der Waals surface area (Å²) < 4.78 is 2.06. The molecule has 1 aromatic heterocycles. The molecule has 0 aliphatic heterocycles. The van der Waals surface area contributed by atoms with Crippen LogP contribution in [-0.2, 0) is 11.3 Å². The average Bonchev–Trinajstić information content (AvgIpc) is 3.12. The number of carbonyl (C=O) groups is 1. The van der Waals surface area contributed by atoms with Gasteiger partial charge in [0.25, 0.3) is 0 Å². The summed E-state index contributed by atoms with van der Waals surface area (Å²) in [6.07, 6.45) is 9.78. The lowest BCUT2D eigenvalue weighted by atomic mass is 9.49. The van der Waals surface area contributed by atoms with Crippen LogP contribution in [-0.4, -0.2) is 22.0 Å². The molecule has 31 heavy (non-hydrogen) atoms. The van der Waals surface area contributed by atoms with Crippen molar-refractivity contribution < 1.29 is 4.79 Å². The molecule has 160 valence electrons. The molecule has 1 heterocycles. The van der Waals surface area contributed by atoms with Gasteiger partial charge in [-0.1, -0.05) is 42.5 Å². The fraction of sp³-hybridized carbons (Fsp3) is 0.481. The first-order valence-electron chi connectivity index (χ1n) is 11.9. The highest BCUT2D eigenvalue weighted by molar-refractivity contribution is 5.84. The predicted molar refractivity (Wildman–Crippen MR) is 123 cm³/mol. The van der Waals surface area contributed by atoms with E-state index in [2.05, 4.69) is 28.1 Å². The molecule has 4 saturated carbocycles. The topological polar surface area (TPSA) is 46.9 Å². The van der Waals surface area contributed by atoms with E-state index in [9.17, 15) is 4.79 Å². The third kappa shape index (κ3) is 3.56. The Kier molecular flexibility index (Phi) is 4.62. The van der Waals surface area contributed by atoms with Gasteiger partial charge >= 0.3 is 0 Å². The molecule has 4 aliphatic rings. The molecule has 4 nitrogen and oxygen atoms in total. The van der Waals surface area contributed by atoms with Crippen molar-refractivity contribution in [3.63, 3.8) is 0 Å². The van der Waals surface area contributed by atoms with Crippen LogP contribution in [0.1, 0.15) is 44.9 Å². The van der Waals surface area contributed by atoms with Crippen molar-refractivity contribution >= 4 is 16.9 Å². The van der Waals surface area contributed by atoms with E-state index >= 15 is 0 Å². The minimum atomic E-state index is 0.0880. The van der Waals surface area contributed by atoms with Crippen LogP contribution >= 0.6 is 0 Å². The Balaban J connectivity index is 1.16. The van der Waals surface area contributed by atoms with Crippen LogP contribution in [0.5, 0.6) is 0 Å². The molecule has 2 aromatic carbocycles. The molecule has 0 unspecified atom stereocenters. The molecule has 4 aliphatic carbocycles. The van der Waals surface area contributed by atoms with E-state index in [4.69, 9.17) is 4.98 Å². The monoisotopic (exact) mass is 413 g/mol. The molecule has 4 fully saturated rings. The summed E-state index contributed by atoms with van der Waals surface area (Å²) >= 11 is 0. The Morgan fingerprint density at radius 1 is 0.935 bits per heavy atom. The van der Waals surface area contributed by atoms with Gasteiger partial charge in [-0.3, -0.25) is 4.79 Å². The van der Waals surface area contributed by atoms with Crippen molar-refractivity contribution in [3.8, 4) is 11.4 Å². The molecule has 0 spiro atoms. The zero-order chi connectivity index (χ0) is 20.8. The molecule has 0 saturated heterocycles. The van der Waals surface area contributed by atoms with E-state index in [0.717, 1.165) is 53.1 Å². The number of hydrogen-bond acceptors (Lipinski definition) is 2. The fourth-order valence-electron chi connectivity index (χ4n) is 7.31. The van der Waals surface area contributed by atoms with Crippen LogP contribution in [0, 0.1) is 23.2 Å². The quantitative estimate of drug-likeness (QED) is 0.586. The van der Waals surface area contributed by atoms with Crippen LogP contribution in [0.4, 0.5) is 0 Å². The van der Waals surface area contributed by atoms with Gasteiger partial charge in [0.1, 0.15) is 12.4 Å². The Hall–Kier alpha value is -2.62. The predicted octanol–water partition coefficient (Wildman–Crippen LogP) is 5.43. The zero-order valence-corrected chi connectivity index (χ0v) is 18.1. The van der Waals surface area contributed by atoms with Crippen LogP contribution in [0.15, 0.2) is 54.6 Å². The van der Waals surface area contributed by atoms with Gasteiger partial charge in [0.15, 0.2) is 0 Å². The molecule has 4 heteroatoms. The summed E-state index contributed by atoms with van der Waals surface area (Å²) in [7, 11) is 0. The Labute approximate surface area is 184 Å². The average molecular weight is 414 g/mol. The minimum Gasteiger partial charge on any atom is -0.355 e. The lowest BCUT2D eigenvalue weighted by Crippen LogP contribution is -2.47. The van der Waals surface area contributed by atoms with E-state index in [1.54, 1.807) is 0 Å². The first-order chi connectivity index (χ1) is 15.2. The second kappa shape index (κ2) is 7.51. The third-order valence-corrected chi connectivity index (χ3v) is 8.13. The second-order valence-corrected chi connectivity index (χ2v) is 10.4. The van der Waals surface area contributed by atoms with Crippen molar-refractivity contribution in [2.45, 2.75) is 51.5 Å². The summed E-state index contributed by atoms with van der Waals surface area (Å²) in [5.41, 5.74) is 3.50. The first kappa shape index (κ1) is 19.1. The maximum absolute atomic E-state index is 13.0. The van der Waals surface area contributed by atoms with Gasteiger partial charge in [-0.15, -0.1) is 0 Å². The van der Waals surface area contributed by atoms with Gasteiger partial charge < -0.3 is 9.88 Å². The number of fused-ring (bicyclic) bond motifs is 1. The maximum Gasteiger partial charge on any atom is 0.240 e. The second-order valence-electron chi connectivity index (χ2n) is 10.4. The number of amides is 1. The molecular formula is C27H31N3O. The van der Waals surface area contributed by atoms with Gasteiger partial charge in [-0.2, -0.15) is 0 Å². The van der Waals surface area contributed by atoms with Gasteiger partial charge in [0.2, 0.25) is 5.91 Å². The molecule has 0 radical (unpaired) electrons. The van der Waals surface area contributed by atoms with Gasteiger partial charge in [-0.25, -0.2) is 4.98 Å². The van der Waals surface area contributed by atoms with Crippen molar-refractivity contribution in [2.75, 3.05) is 6.54 Å². The van der Waals surface area contributed by atoms with E-state index in [1.807, 2.05) is 36.4 Å². The van der Waals surface area contributed by atoms with Gasteiger partial charge in [0.05, 0.1) is 11.0 Å². The highest BCUT2D eigenvalue weighted by Crippen LogP contribution is 2.61. The Morgan fingerprint density at radius 2 is 1.58 bits per heavy atom. The van der Waals surface area contributed by atoms with Gasteiger partial charge in [-0.05, 0) is 80.2 Å². The summed E-state index contributed by atoms with van der Waals surface area (Å²) in [5, 5.41) is 3.25. The van der Waals surface area contributed by atoms with E-state index < -0.39 is 0 Å². The summed E-state index contributed by atoms with van der Waals surface area (Å²) in [4.78, 5) is 17.8. The van der Waals surface area contributed by atoms with Crippen molar-refractivity contribution in [1.82, 2.24) is 14.9 Å². The lowest BCUT2D eigenvalue weighted by Gasteiger charge is -2.57. The number of nitrogens with zero attached hydrogens (tertiary/aromatic N) is 2. The van der Waals surface area contributed by atoms with Crippen LogP contribution in [0.3, 0.4) is 0 Å².